The van der Waals surface area contributed by atoms with Gasteiger partial charge in [-0.25, -0.2) is 18.3 Å². The van der Waals surface area contributed by atoms with Crippen LogP contribution in [0.1, 0.15) is 0 Å². The number of aromatic nitrogens is 5. The topological polar surface area (TPSA) is 68.1 Å². The second kappa shape index (κ2) is 5.52. The summed E-state index contributed by atoms with van der Waals surface area (Å²) in [5.74, 6) is -0.387. The normalized spacial score (nSPS) is 11.7. The fourth-order valence-electron chi connectivity index (χ4n) is 2.53. The van der Waals surface area contributed by atoms with Crippen LogP contribution in [0.4, 0.5) is 13.2 Å². The summed E-state index contributed by atoms with van der Waals surface area (Å²) in [5.41, 5.74) is 2.46. The maximum Gasteiger partial charge on any atom is 0.272 e. The molecule has 4 heterocycles. The van der Waals surface area contributed by atoms with Gasteiger partial charge in [0.2, 0.25) is 5.95 Å². The number of H-pyrrole nitrogens is 1. The number of nitrogens with zero attached hydrogens (tertiary/aromatic N) is 4. The Kier molecular flexibility index (Phi) is 3.33. The Labute approximate surface area is 132 Å². The van der Waals surface area contributed by atoms with Gasteiger partial charge in [-0.05, 0) is 18.2 Å². The van der Waals surface area contributed by atoms with Crippen LogP contribution in [0.25, 0.3) is 27.7 Å². The second-order valence-corrected chi connectivity index (χ2v) is 5.09. The SMILES string of the molecule is Fc1ccc(-c2cc(OCC(F)F)cn3nc4[nH]ncc4c23)cn1. The van der Waals surface area contributed by atoms with Gasteiger partial charge in [0.1, 0.15) is 12.4 Å². The van der Waals surface area contributed by atoms with Gasteiger partial charge in [0.25, 0.3) is 6.43 Å². The van der Waals surface area contributed by atoms with Gasteiger partial charge in [0.15, 0.2) is 5.65 Å². The fraction of sp³-hybridized carbons (Fsp3) is 0.133. The minimum absolute atomic E-state index is 0.222. The highest BCUT2D eigenvalue weighted by Gasteiger charge is 2.16. The molecule has 4 rings (SSSR count). The van der Waals surface area contributed by atoms with E-state index < -0.39 is 19.0 Å². The molecule has 0 radical (unpaired) electrons. The lowest BCUT2D eigenvalue weighted by Gasteiger charge is -2.10. The molecule has 4 aromatic heterocycles. The van der Waals surface area contributed by atoms with E-state index in [1.165, 1.54) is 23.0 Å². The van der Waals surface area contributed by atoms with Crippen molar-refractivity contribution >= 4 is 16.6 Å². The van der Waals surface area contributed by atoms with Crippen LogP contribution in [0.15, 0.2) is 36.8 Å². The summed E-state index contributed by atoms with van der Waals surface area (Å²) < 4.78 is 44.5. The van der Waals surface area contributed by atoms with Crippen LogP contribution in [0.5, 0.6) is 5.75 Å². The number of fused-ring (bicyclic) bond motifs is 3. The molecular weight excluding hydrogens is 323 g/mol. The maximum absolute atomic E-state index is 13.1. The first kappa shape index (κ1) is 14.5. The van der Waals surface area contributed by atoms with Gasteiger partial charge in [-0.2, -0.15) is 9.49 Å². The minimum atomic E-state index is -2.59. The van der Waals surface area contributed by atoms with Gasteiger partial charge in [-0.15, -0.1) is 5.10 Å². The van der Waals surface area contributed by atoms with Crippen molar-refractivity contribution in [2.45, 2.75) is 6.43 Å². The Morgan fingerprint density at radius 2 is 2.12 bits per heavy atom. The number of hydrogen-bond acceptors (Lipinski definition) is 4. The Morgan fingerprint density at radius 3 is 2.88 bits per heavy atom. The molecule has 0 fully saturated rings. The van der Waals surface area contributed by atoms with Gasteiger partial charge >= 0.3 is 0 Å². The number of alkyl halides is 2. The van der Waals surface area contributed by atoms with Gasteiger partial charge < -0.3 is 4.74 Å². The molecule has 0 unspecified atom stereocenters. The third kappa shape index (κ3) is 2.43. The summed E-state index contributed by atoms with van der Waals surface area (Å²) in [6, 6.07) is 4.37. The van der Waals surface area contributed by atoms with Gasteiger partial charge in [0, 0.05) is 17.3 Å². The standard InChI is InChI=1S/C15H10F3N5O/c16-12(17)7-24-9-3-10(8-1-2-13(18)19-4-8)14-11-5-20-21-15(11)22-23(14)6-9/h1-6,12H,7H2,(H,21,22). The highest BCUT2D eigenvalue weighted by atomic mass is 19.3. The largest absolute Gasteiger partial charge is 0.486 e. The van der Waals surface area contributed by atoms with Crippen LogP contribution in [0.2, 0.25) is 0 Å². The lowest BCUT2D eigenvalue weighted by atomic mass is 10.1. The Bertz CT molecular complexity index is 1010. The zero-order chi connectivity index (χ0) is 16.7. The number of aromatic amines is 1. The van der Waals surface area contributed by atoms with E-state index in [1.54, 1.807) is 18.3 Å². The molecule has 0 atom stereocenters. The average Bonchev–Trinajstić information content (AvgIpc) is 3.13. The molecule has 0 amide bonds. The van der Waals surface area contributed by atoms with Crippen LogP contribution in [-0.2, 0) is 0 Å². The Hall–Kier alpha value is -3.10. The van der Waals surface area contributed by atoms with E-state index in [0.717, 1.165) is 5.39 Å². The first-order chi connectivity index (χ1) is 11.6. The van der Waals surface area contributed by atoms with Crippen molar-refractivity contribution in [1.82, 2.24) is 24.8 Å². The van der Waals surface area contributed by atoms with E-state index in [4.69, 9.17) is 4.74 Å². The smallest absolute Gasteiger partial charge is 0.272 e. The maximum atomic E-state index is 13.1. The van der Waals surface area contributed by atoms with Crippen molar-refractivity contribution < 1.29 is 17.9 Å². The van der Waals surface area contributed by atoms with E-state index in [2.05, 4.69) is 20.3 Å². The number of pyridine rings is 2. The minimum Gasteiger partial charge on any atom is -0.486 e. The molecular formula is C15H10F3N5O. The van der Waals surface area contributed by atoms with E-state index in [9.17, 15) is 13.2 Å². The van der Waals surface area contributed by atoms with E-state index in [0.29, 0.717) is 22.3 Å². The third-order valence-electron chi connectivity index (χ3n) is 3.52. The zero-order valence-corrected chi connectivity index (χ0v) is 12.1. The lowest BCUT2D eigenvalue weighted by Crippen LogP contribution is -2.07. The molecule has 0 aromatic carbocycles. The molecule has 9 heteroatoms. The van der Waals surface area contributed by atoms with Gasteiger partial charge in [-0.1, -0.05) is 0 Å². The summed E-state index contributed by atoms with van der Waals surface area (Å²) in [7, 11) is 0. The number of ether oxygens (including phenoxy) is 1. The number of hydrogen-bond donors (Lipinski definition) is 1. The first-order valence-corrected chi connectivity index (χ1v) is 7.00. The van der Waals surface area contributed by atoms with Crippen LogP contribution in [0, 0.1) is 5.95 Å². The van der Waals surface area contributed by atoms with Crippen molar-refractivity contribution in [2.24, 2.45) is 0 Å². The molecule has 0 saturated heterocycles. The Morgan fingerprint density at radius 1 is 1.25 bits per heavy atom. The van der Waals surface area contributed by atoms with Gasteiger partial charge in [-0.3, -0.25) is 5.10 Å². The second-order valence-electron chi connectivity index (χ2n) is 5.09. The quantitative estimate of drug-likeness (QED) is 0.583. The third-order valence-corrected chi connectivity index (χ3v) is 3.52. The molecule has 6 nitrogen and oxygen atoms in total. The number of halogens is 3. The van der Waals surface area contributed by atoms with Crippen molar-refractivity contribution in [2.75, 3.05) is 6.61 Å². The molecule has 0 spiro atoms. The molecule has 1 N–H and O–H groups in total. The molecule has 4 aromatic rings. The summed E-state index contributed by atoms with van der Waals surface area (Å²) >= 11 is 0. The first-order valence-electron chi connectivity index (χ1n) is 7.00. The number of nitrogens with one attached hydrogen (secondary N) is 1. The summed E-state index contributed by atoms with van der Waals surface area (Å²) in [6.07, 6.45) is 1.89. The monoisotopic (exact) mass is 333 g/mol. The predicted molar refractivity (Wildman–Crippen MR) is 79.5 cm³/mol. The zero-order valence-electron chi connectivity index (χ0n) is 12.1. The summed E-state index contributed by atoms with van der Waals surface area (Å²) in [6.45, 7) is -0.729. The van der Waals surface area contributed by atoms with Gasteiger partial charge in [0.05, 0.1) is 23.3 Å². The fourth-order valence-corrected chi connectivity index (χ4v) is 2.53. The van der Waals surface area contributed by atoms with E-state index in [1.807, 2.05) is 0 Å². The molecule has 0 aliphatic heterocycles. The van der Waals surface area contributed by atoms with Crippen LogP contribution in [-0.4, -0.2) is 37.8 Å². The van der Waals surface area contributed by atoms with Crippen LogP contribution < -0.4 is 4.74 Å². The molecule has 0 aliphatic rings. The van der Waals surface area contributed by atoms with E-state index in [-0.39, 0.29) is 5.75 Å². The molecule has 0 aliphatic carbocycles. The summed E-state index contributed by atoms with van der Waals surface area (Å²) in [4.78, 5) is 3.64. The van der Waals surface area contributed by atoms with Crippen molar-refractivity contribution in [3.63, 3.8) is 0 Å². The lowest BCUT2D eigenvalue weighted by molar-refractivity contribution is 0.0816. The van der Waals surface area contributed by atoms with E-state index >= 15 is 0 Å². The van der Waals surface area contributed by atoms with Crippen molar-refractivity contribution in [1.29, 1.82) is 0 Å². The predicted octanol–water partition coefficient (Wildman–Crippen LogP) is 3.06. The Balaban J connectivity index is 1.94. The highest BCUT2D eigenvalue weighted by molar-refractivity contribution is 6.00. The number of rotatable bonds is 4. The highest BCUT2D eigenvalue weighted by Crippen LogP contribution is 2.32. The van der Waals surface area contributed by atoms with Crippen molar-refractivity contribution in [3.8, 4) is 16.9 Å². The van der Waals surface area contributed by atoms with Crippen LogP contribution in [0.3, 0.4) is 0 Å². The molecule has 122 valence electrons. The molecule has 24 heavy (non-hydrogen) atoms. The van der Waals surface area contributed by atoms with Crippen molar-refractivity contribution in [3.05, 3.63) is 42.7 Å². The molecule has 0 saturated carbocycles. The van der Waals surface area contributed by atoms with Crippen LogP contribution >= 0.6 is 0 Å². The summed E-state index contributed by atoms with van der Waals surface area (Å²) in [5, 5.41) is 11.7. The average molecular weight is 333 g/mol. The molecule has 0 bridgehead atoms.